The van der Waals surface area contributed by atoms with Crippen LogP contribution in [-0.4, -0.2) is 22.4 Å². The zero-order valence-corrected chi connectivity index (χ0v) is 19.4. The van der Waals surface area contributed by atoms with Crippen LogP contribution in [0.3, 0.4) is 0 Å². The number of hydrogen-bond acceptors (Lipinski definition) is 4. The second kappa shape index (κ2) is 8.32. The maximum absolute atomic E-state index is 13.7. The van der Waals surface area contributed by atoms with Crippen LogP contribution in [-0.2, 0) is 17.0 Å². The highest BCUT2D eigenvalue weighted by atomic mass is 79.9. The largest absolute Gasteiger partial charge is 0.347 e. The maximum atomic E-state index is 13.7. The summed E-state index contributed by atoms with van der Waals surface area (Å²) in [6.07, 6.45) is 3.79. The smallest absolute Gasteiger partial charge is 0.257 e. The van der Waals surface area contributed by atoms with Crippen LogP contribution in [0.1, 0.15) is 45.6 Å². The van der Waals surface area contributed by atoms with E-state index in [0.717, 1.165) is 28.4 Å². The number of carbonyl (C=O) groups is 1. The van der Waals surface area contributed by atoms with Gasteiger partial charge in [0, 0.05) is 32.4 Å². The highest BCUT2D eigenvalue weighted by molar-refractivity contribution is 9.10. The number of nitrogens with zero attached hydrogens (tertiary/aromatic N) is 3. The van der Waals surface area contributed by atoms with Gasteiger partial charge in [0.15, 0.2) is 5.72 Å². The predicted molar refractivity (Wildman–Crippen MR) is 124 cm³/mol. The summed E-state index contributed by atoms with van der Waals surface area (Å²) in [5.41, 5.74) is 2.31. The van der Waals surface area contributed by atoms with Crippen LogP contribution in [0.15, 0.2) is 65.3 Å². The molecule has 5 nitrogen and oxygen atoms in total. The SMILES string of the molecule is N#Cc1ccc(CN2C(=O)c3cc(Br)ccc3C2(OCC2CC2)c2ccc(Cl)cc2)nc1. The van der Waals surface area contributed by atoms with Crippen LogP contribution in [0.2, 0.25) is 5.02 Å². The van der Waals surface area contributed by atoms with Crippen LogP contribution in [0, 0.1) is 17.2 Å². The van der Waals surface area contributed by atoms with Crippen molar-refractivity contribution in [3.63, 3.8) is 0 Å². The molecular formula is C25H19BrClN3O2. The van der Waals surface area contributed by atoms with E-state index in [1.807, 2.05) is 42.5 Å². The van der Waals surface area contributed by atoms with Crippen molar-refractivity contribution in [1.82, 2.24) is 9.88 Å². The van der Waals surface area contributed by atoms with E-state index in [-0.39, 0.29) is 12.5 Å². The van der Waals surface area contributed by atoms with Gasteiger partial charge in [0.2, 0.25) is 0 Å². The van der Waals surface area contributed by atoms with Crippen molar-refractivity contribution in [2.45, 2.75) is 25.1 Å². The molecule has 0 N–H and O–H groups in total. The molecule has 1 atom stereocenters. The standard InChI is InChI=1S/C25H19BrClN3O2/c26-19-6-10-23-22(11-19)24(31)30(14-21-9-3-17(12-28)13-29-21)25(23,32-15-16-1-2-16)18-4-7-20(27)8-5-18/h3-11,13,16H,1-2,14-15H2. The monoisotopic (exact) mass is 507 g/mol. The molecule has 7 heteroatoms. The van der Waals surface area contributed by atoms with E-state index in [2.05, 4.69) is 27.0 Å². The summed E-state index contributed by atoms with van der Waals surface area (Å²) in [5.74, 6) is 0.377. The molecular weight excluding hydrogens is 490 g/mol. The molecule has 0 bridgehead atoms. The summed E-state index contributed by atoms with van der Waals surface area (Å²) in [6.45, 7) is 0.798. The lowest BCUT2D eigenvalue weighted by molar-refractivity contribution is -0.115. The Balaban J connectivity index is 1.66. The number of rotatable bonds is 6. The van der Waals surface area contributed by atoms with Gasteiger partial charge in [-0.1, -0.05) is 45.7 Å². The zero-order valence-electron chi connectivity index (χ0n) is 17.1. The van der Waals surface area contributed by atoms with Gasteiger partial charge in [-0.3, -0.25) is 14.7 Å². The van der Waals surface area contributed by atoms with E-state index in [1.54, 1.807) is 17.0 Å². The molecule has 1 aliphatic carbocycles. The Kier molecular flexibility index (Phi) is 5.50. The number of fused-ring (bicyclic) bond motifs is 1. The highest BCUT2D eigenvalue weighted by Gasteiger charge is 2.53. The molecule has 1 unspecified atom stereocenters. The van der Waals surface area contributed by atoms with E-state index < -0.39 is 5.72 Å². The number of halogens is 2. The van der Waals surface area contributed by atoms with Gasteiger partial charge in [0.1, 0.15) is 6.07 Å². The summed E-state index contributed by atoms with van der Waals surface area (Å²) >= 11 is 9.68. The summed E-state index contributed by atoms with van der Waals surface area (Å²) < 4.78 is 7.50. The lowest BCUT2D eigenvalue weighted by Gasteiger charge is -2.39. The topological polar surface area (TPSA) is 66.2 Å². The van der Waals surface area contributed by atoms with Crippen molar-refractivity contribution in [2.75, 3.05) is 6.61 Å². The molecule has 1 saturated carbocycles. The Hall–Kier alpha value is -2.72. The van der Waals surface area contributed by atoms with Gasteiger partial charge >= 0.3 is 0 Å². The Morgan fingerprint density at radius 2 is 1.97 bits per heavy atom. The number of amides is 1. The van der Waals surface area contributed by atoms with E-state index in [1.165, 1.54) is 6.20 Å². The lowest BCUT2D eigenvalue weighted by atomic mass is 9.93. The Bertz CT molecular complexity index is 1220. The van der Waals surface area contributed by atoms with E-state index in [4.69, 9.17) is 21.6 Å². The van der Waals surface area contributed by atoms with Crippen LogP contribution < -0.4 is 0 Å². The molecule has 0 spiro atoms. The molecule has 0 radical (unpaired) electrons. The number of nitriles is 1. The first-order valence-electron chi connectivity index (χ1n) is 10.4. The lowest BCUT2D eigenvalue weighted by Crippen LogP contribution is -2.47. The molecule has 3 aromatic rings. The third kappa shape index (κ3) is 3.71. The van der Waals surface area contributed by atoms with Crippen LogP contribution >= 0.6 is 27.5 Å². The highest BCUT2D eigenvalue weighted by Crippen LogP contribution is 2.48. The molecule has 1 aromatic heterocycles. The maximum Gasteiger partial charge on any atom is 0.257 e. The number of benzene rings is 2. The molecule has 160 valence electrons. The Morgan fingerprint density at radius 1 is 1.19 bits per heavy atom. The summed E-state index contributed by atoms with van der Waals surface area (Å²) in [5, 5.41) is 9.71. The summed E-state index contributed by atoms with van der Waals surface area (Å²) in [7, 11) is 0. The second-order valence-electron chi connectivity index (χ2n) is 8.14. The number of hydrogen-bond donors (Lipinski definition) is 0. The third-order valence-corrected chi connectivity index (χ3v) is 6.68. The summed E-state index contributed by atoms with van der Waals surface area (Å²) in [4.78, 5) is 19.9. The van der Waals surface area contributed by atoms with Crippen molar-refractivity contribution in [1.29, 1.82) is 5.26 Å². The second-order valence-corrected chi connectivity index (χ2v) is 9.49. The minimum absolute atomic E-state index is 0.127. The minimum Gasteiger partial charge on any atom is -0.347 e. The van der Waals surface area contributed by atoms with Crippen molar-refractivity contribution >= 4 is 33.4 Å². The minimum atomic E-state index is -1.09. The van der Waals surface area contributed by atoms with Gasteiger partial charge in [-0.2, -0.15) is 5.26 Å². The zero-order chi connectivity index (χ0) is 22.3. The molecule has 1 aliphatic heterocycles. The fourth-order valence-electron chi connectivity index (χ4n) is 4.10. The fraction of sp³-hybridized carbons (Fsp3) is 0.240. The predicted octanol–water partition coefficient (Wildman–Crippen LogP) is 5.65. The average Bonchev–Trinajstić information content (AvgIpc) is 3.61. The molecule has 2 aliphatic rings. The average molecular weight is 509 g/mol. The molecule has 32 heavy (non-hydrogen) atoms. The number of ether oxygens (including phenoxy) is 1. The molecule has 0 saturated heterocycles. The summed E-state index contributed by atoms with van der Waals surface area (Å²) in [6, 6.07) is 18.8. The van der Waals surface area contributed by atoms with Gasteiger partial charge in [0.05, 0.1) is 24.4 Å². The van der Waals surface area contributed by atoms with Gasteiger partial charge in [-0.25, -0.2) is 0 Å². The molecule has 5 rings (SSSR count). The first-order chi connectivity index (χ1) is 15.5. The van der Waals surface area contributed by atoms with E-state index >= 15 is 0 Å². The van der Waals surface area contributed by atoms with E-state index in [9.17, 15) is 4.79 Å². The van der Waals surface area contributed by atoms with Crippen LogP contribution in [0.5, 0.6) is 0 Å². The van der Waals surface area contributed by atoms with Crippen LogP contribution in [0.4, 0.5) is 0 Å². The van der Waals surface area contributed by atoms with E-state index in [0.29, 0.717) is 34.4 Å². The first-order valence-corrected chi connectivity index (χ1v) is 11.6. The van der Waals surface area contributed by atoms with Gasteiger partial charge in [-0.05, 0) is 55.2 Å². The Labute approximate surface area is 199 Å². The van der Waals surface area contributed by atoms with Crippen LogP contribution in [0.25, 0.3) is 0 Å². The number of pyridine rings is 1. The number of aromatic nitrogens is 1. The normalized spacial score (nSPS) is 19.7. The molecule has 2 heterocycles. The van der Waals surface area contributed by atoms with Gasteiger partial charge in [0.25, 0.3) is 5.91 Å². The molecule has 2 aromatic carbocycles. The van der Waals surface area contributed by atoms with Crippen molar-refractivity contribution < 1.29 is 9.53 Å². The fourth-order valence-corrected chi connectivity index (χ4v) is 4.59. The van der Waals surface area contributed by atoms with Crippen molar-refractivity contribution in [3.8, 4) is 6.07 Å². The molecule has 1 fully saturated rings. The third-order valence-electron chi connectivity index (χ3n) is 5.94. The van der Waals surface area contributed by atoms with Gasteiger partial charge < -0.3 is 4.74 Å². The Morgan fingerprint density at radius 3 is 2.62 bits per heavy atom. The quantitative estimate of drug-likeness (QED) is 0.431. The van der Waals surface area contributed by atoms with Gasteiger partial charge in [-0.15, -0.1) is 0 Å². The van der Waals surface area contributed by atoms with Crippen molar-refractivity contribution in [2.24, 2.45) is 5.92 Å². The van der Waals surface area contributed by atoms with Crippen molar-refractivity contribution in [3.05, 3.63) is 98.2 Å². The number of carbonyl (C=O) groups excluding carboxylic acids is 1. The molecule has 1 amide bonds. The first kappa shape index (κ1) is 21.1.